The summed E-state index contributed by atoms with van der Waals surface area (Å²) in [5, 5.41) is 3.14. The molecule has 2 fully saturated rings. The molecule has 0 bridgehead atoms. The maximum absolute atomic E-state index is 12.3. The van der Waals surface area contributed by atoms with E-state index in [1.54, 1.807) is 4.90 Å². The Labute approximate surface area is 132 Å². The predicted octanol–water partition coefficient (Wildman–Crippen LogP) is -1.06. The summed E-state index contributed by atoms with van der Waals surface area (Å²) < 4.78 is 28.8. The summed E-state index contributed by atoms with van der Waals surface area (Å²) in [6, 6.07) is -0.165. The van der Waals surface area contributed by atoms with Crippen molar-refractivity contribution in [2.45, 2.75) is 25.5 Å². The Morgan fingerprint density at radius 1 is 1.45 bits per heavy atom. The van der Waals surface area contributed by atoms with Crippen molar-refractivity contribution in [1.82, 2.24) is 15.1 Å². The van der Waals surface area contributed by atoms with E-state index in [1.807, 2.05) is 6.92 Å². The lowest BCUT2D eigenvalue weighted by Gasteiger charge is -2.31. The molecule has 2 aliphatic rings. The molecule has 0 aromatic rings. The van der Waals surface area contributed by atoms with E-state index in [0.29, 0.717) is 19.5 Å². The van der Waals surface area contributed by atoms with Gasteiger partial charge in [-0.25, -0.2) is 8.42 Å². The Hall–Kier alpha value is -0.700. The first kappa shape index (κ1) is 17.7. The summed E-state index contributed by atoms with van der Waals surface area (Å²) in [7, 11) is -0.912. The Bertz CT molecular complexity index is 482. The zero-order valence-electron chi connectivity index (χ0n) is 13.5. The van der Waals surface area contributed by atoms with Crippen molar-refractivity contribution in [1.29, 1.82) is 0 Å². The maximum Gasteiger partial charge on any atom is 0.236 e. The zero-order valence-corrected chi connectivity index (χ0v) is 14.3. The number of morpholine rings is 1. The van der Waals surface area contributed by atoms with Gasteiger partial charge in [-0.1, -0.05) is 0 Å². The molecule has 0 saturated carbocycles. The zero-order chi connectivity index (χ0) is 16.2. The lowest BCUT2D eigenvalue weighted by atomic mass is 10.2. The number of nitrogens with zero attached hydrogens (tertiary/aromatic N) is 2. The third-order valence-electron chi connectivity index (χ3n) is 4.30. The molecule has 0 aliphatic carbocycles. The van der Waals surface area contributed by atoms with E-state index >= 15 is 0 Å². The molecule has 7 nitrogen and oxygen atoms in total. The van der Waals surface area contributed by atoms with E-state index in [4.69, 9.17) is 4.74 Å². The minimum absolute atomic E-state index is 0.0336. The molecule has 0 aromatic heterocycles. The monoisotopic (exact) mass is 333 g/mol. The van der Waals surface area contributed by atoms with E-state index in [1.165, 1.54) is 0 Å². The van der Waals surface area contributed by atoms with E-state index in [0.717, 1.165) is 19.7 Å². The van der Waals surface area contributed by atoms with Gasteiger partial charge in [-0.2, -0.15) is 0 Å². The van der Waals surface area contributed by atoms with Crippen LogP contribution in [0.5, 0.6) is 0 Å². The minimum Gasteiger partial charge on any atom is -0.374 e. The van der Waals surface area contributed by atoms with Crippen molar-refractivity contribution in [2.24, 2.45) is 0 Å². The Balaban J connectivity index is 1.75. The van der Waals surface area contributed by atoms with Gasteiger partial charge in [-0.05, 0) is 20.4 Å². The van der Waals surface area contributed by atoms with Crippen molar-refractivity contribution in [3.8, 4) is 0 Å². The molecular formula is C14H27N3O4S. The SMILES string of the molecule is CCN(C(=O)CNC[C@@H]1CN(C)CCO1)[C@H]1CCS(=O)(=O)C1. The van der Waals surface area contributed by atoms with Gasteiger partial charge in [-0.3, -0.25) is 4.79 Å². The van der Waals surface area contributed by atoms with Crippen molar-refractivity contribution >= 4 is 15.7 Å². The van der Waals surface area contributed by atoms with Crippen LogP contribution in [-0.2, 0) is 19.4 Å². The summed E-state index contributed by atoms with van der Waals surface area (Å²) in [5.74, 6) is 0.258. The van der Waals surface area contributed by atoms with Gasteiger partial charge in [0.2, 0.25) is 5.91 Å². The molecule has 2 rings (SSSR count). The van der Waals surface area contributed by atoms with E-state index in [2.05, 4.69) is 17.3 Å². The molecule has 0 aromatic carbocycles. The van der Waals surface area contributed by atoms with Crippen LogP contribution in [0.1, 0.15) is 13.3 Å². The third kappa shape index (κ3) is 4.91. The van der Waals surface area contributed by atoms with Crippen molar-refractivity contribution in [2.75, 3.05) is 57.9 Å². The fraction of sp³-hybridized carbons (Fsp3) is 0.929. The number of carbonyl (C=O) groups excluding carboxylic acids is 1. The number of carbonyl (C=O) groups is 1. The molecule has 2 saturated heterocycles. The number of ether oxygens (including phenoxy) is 1. The van der Waals surface area contributed by atoms with Crippen LogP contribution < -0.4 is 5.32 Å². The fourth-order valence-corrected chi connectivity index (χ4v) is 4.82. The van der Waals surface area contributed by atoms with Crippen LogP contribution in [0.25, 0.3) is 0 Å². The molecule has 0 radical (unpaired) electrons. The van der Waals surface area contributed by atoms with Gasteiger partial charge in [0.05, 0.1) is 30.8 Å². The van der Waals surface area contributed by atoms with Crippen LogP contribution in [-0.4, -0.2) is 94.2 Å². The highest BCUT2D eigenvalue weighted by molar-refractivity contribution is 7.91. The molecule has 1 amide bonds. The molecule has 2 heterocycles. The summed E-state index contributed by atoms with van der Waals surface area (Å²) >= 11 is 0. The standard InChI is InChI=1S/C14H27N3O4S/c1-3-17(12-4-7-22(19,20)11-12)14(18)9-15-8-13-10-16(2)5-6-21-13/h12-13,15H,3-11H2,1-2H3/t12-,13+/m0/s1. The molecular weight excluding hydrogens is 306 g/mol. The minimum atomic E-state index is -2.97. The summed E-state index contributed by atoms with van der Waals surface area (Å²) in [4.78, 5) is 16.2. The average molecular weight is 333 g/mol. The van der Waals surface area contributed by atoms with Gasteiger partial charge in [0, 0.05) is 32.2 Å². The number of amides is 1. The van der Waals surface area contributed by atoms with Crippen LogP contribution in [0, 0.1) is 0 Å². The average Bonchev–Trinajstić information content (AvgIpc) is 2.80. The number of hydrogen-bond acceptors (Lipinski definition) is 6. The Kier molecular flexibility index (Phi) is 6.19. The highest BCUT2D eigenvalue weighted by Gasteiger charge is 2.33. The predicted molar refractivity (Wildman–Crippen MR) is 84.6 cm³/mol. The summed E-state index contributed by atoms with van der Waals surface area (Å²) in [6.07, 6.45) is 0.659. The fourth-order valence-electron chi connectivity index (χ4n) is 3.09. The molecule has 8 heteroatoms. The second-order valence-corrected chi connectivity index (χ2v) is 8.35. The molecule has 2 aliphatic heterocycles. The first-order valence-electron chi connectivity index (χ1n) is 7.92. The van der Waals surface area contributed by atoms with Crippen molar-refractivity contribution in [3.63, 3.8) is 0 Å². The maximum atomic E-state index is 12.3. The highest BCUT2D eigenvalue weighted by Crippen LogP contribution is 2.17. The second-order valence-electron chi connectivity index (χ2n) is 6.12. The number of sulfone groups is 1. The van der Waals surface area contributed by atoms with Crippen LogP contribution in [0.4, 0.5) is 0 Å². The molecule has 22 heavy (non-hydrogen) atoms. The van der Waals surface area contributed by atoms with Crippen LogP contribution in [0.15, 0.2) is 0 Å². The van der Waals surface area contributed by atoms with Gasteiger partial charge >= 0.3 is 0 Å². The van der Waals surface area contributed by atoms with Gasteiger partial charge in [0.25, 0.3) is 0 Å². The van der Waals surface area contributed by atoms with Gasteiger partial charge in [-0.15, -0.1) is 0 Å². The summed E-state index contributed by atoms with van der Waals surface area (Å²) in [5.41, 5.74) is 0. The molecule has 1 N–H and O–H groups in total. The molecule has 0 spiro atoms. The van der Waals surface area contributed by atoms with Crippen molar-refractivity contribution < 1.29 is 17.9 Å². The number of hydrogen-bond donors (Lipinski definition) is 1. The number of rotatable bonds is 6. The number of likely N-dealkylation sites (N-methyl/N-ethyl adjacent to an activating group) is 2. The van der Waals surface area contributed by atoms with E-state index in [9.17, 15) is 13.2 Å². The quantitative estimate of drug-likeness (QED) is 0.668. The van der Waals surface area contributed by atoms with Crippen LogP contribution in [0.3, 0.4) is 0 Å². The number of nitrogens with one attached hydrogen (secondary N) is 1. The first-order chi connectivity index (χ1) is 10.4. The third-order valence-corrected chi connectivity index (χ3v) is 6.05. The molecule has 128 valence electrons. The normalized spacial score (nSPS) is 28.6. The second kappa shape index (κ2) is 7.72. The lowest BCUT2D eigenvalue weighted by Crippen LogP contribution is -2.48. The smallest absolute Gasteiger partial charge is 0.236 e. The van der Waals surface area contributed by atoms with Gasteiger partial charge in [0.15, 0.2) is 9.84 Å². The largest absolute Gasteiger partial charge is 0.374 e. The topological polar surface area (TPSA) is 79.0 Å². The Morgan fingerprint density at radius 3 is 2.82 bits per heavy atom. The van der Waals surface area contributed by atoms with E-state index < -0.39 is 9.84 Å². The Morgan fingerprint density at radius 2 is 2.23 bits per heavy atom. The lowest BCUT2D eigenvalue weighted by molar-refractivity contribution is -0.132. The summed E-state index contributed by atoms with van der Waals surface area (Å²) in [6.45, 7) is 5.82. The first-order valence-corrected chi connectivity index (χ1v) is 9.74. The molecule has 2 atom stereocenters. The molecule has 0 unspecified atom stereocenters. The van der Waals surface area contributed by atoms with Gasteiger partial charge < -0.3 is 19.9 Å². The van der Waals surface area contributed by atoms with Crippen molar-refractivity contribution in [3.05, 3.63) is 0 Å². The van der Waals surface area contributed by atoms with Crippen LogP contribution >= 0.6 is 0 Å². The van der Waals surface area contributed by atoms with Crippen LogP contribution in [0.2, 0.25) is 0 Å². The van der Waals surface area contributed by atoms with E-state index in [-0.39, 0.29) is 36.1 Å². The van der Waals surface area contributed by atoms with Gasteiger partial charge in [0.1, 0.15) is 0 Å². The highest BCUT2D eigenvalue weighted by atomic mass is 32.2.